The molecule has 0 unspecified atom stereocenters. The van der Waals surface area contributed by atoms with Crippen molar-refractivity contribution < 1.29 is 23.8 Å². The summed E-state index contributed by atoms with van der Waals surface area (Å²) in [5.41, 5.74) is 11.0. The smallest absolute Gasteiger partial charge is 0.261 e. The predicted molar refractivity (Wildman–Crippen MR) is 158 cm³/mol. The maximum atomic E-state index is 13.6. The van der Waals surface area contributed by atoms with E-state index in [2.05, 4.69) is 0 Å². The number of rotatable bonds is 17. The van der Waals surface area contributed by atoms with Gasteiger partial charge in [0.05, 0.1) is 18.8 Å². The van der Waals surface area contributed by atoms with Gasteiger partial charge in [0.2, 0.25) is 0 Å². The molecule has 2 amide bonds. The molecule has 5 N–H and O–H groups in total. The topological polar surface area (TPSA) is 141 Å². The molecule has 0 radical (unpaired) electrons. The number of primary amides is 1. The largest absolute Gasteiger partial charge is 0.494 e. The molecule has 0 saturated carbocycles. The summed E-state index contributed by atoms with van der Waals surface area (Å²) in [5, 5.41) is 7.44. The van der Waals surface area contributed by atoms with Crippen LogP contribution >= 0.6 is 0 Å². The number of hydrogen-bond acceptors (Lipinski definition) is 6. The Balaban J connectivity index is 2.05. The van der Waals surface area contributed by atoms with Crippen LogP contribution in [0.1, 0.15) is 89.6 Å². The molecule has 0 spiro atoms. The van der Waals surface area contributed by atoms with Crippen LogP contribution in [0.3, 0.4) is 0 Å². The second-order valence-corrected chi connectivity index (χ2v) is 10.4. The van der Waals surface area contributed by atoms with Crippen molar-refractivity contribution in [3.63, 3.8) is 0 Å². The Kier molecular flexibility index (Phi) is 12.3. The van der Waals surface area contributed by atoms with Gasteiger partial charge in [-0.3, -0.25) is 15.0 Å². The van der Waals surface area contributed by atoms with Gasteiger partial charge in [-0.2, -0.15) is 0 Å². The quantitative estimate of drug-likeness (QED) is 0.138. The van der Waals surface area contributed by atoms with Crippen molar-refractivity contribution in [2.45, 2.75) is 91.3 Å². The zero-order valence-corrected chi connectivity index (χ0v) is 24.8. The van der Waals surface area contributed by atoms with Crippen molar-refractivity contribution in [1.29, 1.82) is 5.41 Å². The highest BCUT2D eigenvalue weighted by molar-refractivity contribution is 5.98. The minimum absolute atomic E-state index is 0.0154. The summed E-state index contributed by atoms with van der Waals surface area (Å²) in [7, 11) is 0. The normalized spacial score (nSPS) is 11.4. The minimum atomic E-state index is -1.22. The highest BCUT2D eigenvalue weighted by Gasteiger charge is 2.37. The summed E-state index contributed by atoms with van der Waals surface area (Å²) >= 11 is 0. The molecule has 9 heteroatoms. The predicted octanol–water partition coefficient (Wildman–Crippen LogP) is 5.28. The number of carbonyl (C=O) groups excluding carboxylic acids is 2. The van der Waals surface area contributed by atoms with E-state index in [0.29, 0.717) is 48.7 Å². The second kappa shape index (κ2) is 15.1. The molecular formula is C31H46N4O5. The van der Waals surface area contributed by atoms with Crippen molar-refractivity contribution in [2.24, 2.45) is 11.5 Å². The fourth-order valence-corrected chi connectivity index (χ4v) is 4.55. The van der Waals surface area contributed by atoms with Gasteiger partial charge < -0.3 is 30.6 Å². The van der Waals surface area contributed by atoms with Crippen molar-refractivity contribution in [3.05, 3.63) is 53.6 Å². The van der Waals surface area contributed by atoms with E-state index in [1.54, 1.807) is 47.4 Å². The Hall–Kier alpha value is -3.75. The number of nitrogens with one attached hydrogen (secondary N) is 1. The van der Waals surface area contributed by atoms with E-state index in [1.165, 1.54) is 0 Å². The van der Waals surface area contributed by atoms with E-state index >= 15 is 0 Å². The van der Waals surface area contributed by atoms with Gasteiger partial charge in [-0.15, -0.1) is 0 Å². The summed E-state index contributed by atoms with van der Waals surface area (Å²) in [5.74, 6) is 0.877. The lowest BCUT2D eigenvalue weighted by Gasteiger charge is -2.33. The maximum Gasteiger partial charge on any atom is 0.261 e. The fourth-order valence-electron chi connectivity index (χ4n) is 4.55. The molecule has 0 aliphatic carbocycles. The van der Waals surface area contributed by atoms with Gasteiger partial charge in [0.15, 0.2) is 5.60 Å². The first kappa shape index (κ1) is 32.5. The standard InChI is InChI=1S/C31H46N4O5/c1-7-31(8-2,30(34)37)40-27-20-25(16-17-26(27)29(36)35(21(3)4)22(5)6)39-19-11-9-10-18-38-24-14-12-23(13-15-24)28(32)33/h12-17,20-22H,7-11,18-19H2,1-6H3,(H3,32,33)(H2,34,37). The van der Waals surface area contributed by atoms with Gasteiger partial charge >= 0.3 is 0 Å². The maximum absolute atomic E-state index is 13.6. The van der Waals surface area contributed by atoms with E-state index in [4.69, 9.17) is 31.1 Å². The number of nitrogens with two attached hydrogens (primary N) is 2. The Morgan fingerprint density at radius 1 is 0.850 bits per heavy atom. The Morgan fingerprint density at radius 2 is 1.38 bits per heavy atom. The first-order chi connectivity index (χ1) is 19.0. The molecular weight excluding hydrogens is 508 g/mol. The number of nitrogen functional groups attached to an aromatic ring is 1. The van der Waals surface area contributed by atoms with Crippen LogP contribution in [0, 0.1) is 5.41 Å². The number of ether oxygens (including phenoxy) is 3. The van der Waals surface area contributed by atoms with E-state index in [9.17, 15) is 9.59 Å². The fraction of sp³-hybridized carbons (Fsp3) is 0.516. The summed E-state index contributed by atoms with van der Waals surface area (Å²) in [6, 6.07) is 12.3. The molecule has 220 valence electrons. The molecule has 0 aliphatic heterocycles. The monoisotopic (exact) mass is 554 g/mol. The van der Waals surface area contributed by atoms with E-state index < -0.39 is 11.5 Å². The molecule has 0 heterocycles. The molecule has 2 aromatic rings. The van der Waals surface area contributed by atoms with Crippen LogP contribution in [0.4, 0.5) is 0 Å². The zero-order valence-electron chi connectivity index (χ0n) is 24.8. The van der Waals surface area contributed by atoms with E-state index in [1.807, 2.05) is 41.5 Å². The lowest BCUT2D eigenvalue weighted by atomic mass is 9.96. The molecule has 0 atom stereocenters. The molecule has 2 rings (SSSR count). The Labute approximate surface area is 238 Å². The van der Waals surface area contributed by atoms with Crippen LogP contribution in [0.2, 0.25) is 0 Å². The number of carbonyl (C=O) groups is 2. The number of hydrogen-bond donors (Lipinski definition) is 3. The molecule has 40 heavy (non-hydrogen) atoms. The van der Waals surface area contributed by atoms with Crippen LogP contribution in [0.25, 0.3) is 0 Å². The third kappa shape index (κ3) is 8.63. The van der Waals surface area contributed by atoms with E-state index in [-0.39, 0.29) is 23.8 Å². The summed E-state index contributed by atoms with van der Waals surface area (Å²) in [4.78, 5) is 27.7. The van der Waals surface area contributed by atoms with Gasteiger partial charge in [-0.25, -0.2) is 0 Å². The minimum Gasteiger partial charge on any atom is -0.494 e. The average Bonchev–Trinajstić information content (AvgIpc) is 2.90. The van der Waals surface area contributed by atoms with Crippen molar-refractivity contribution >= 4 is 17.6 Å². The third-order valence-corrected chi connectivity index (χ3v) is 6.92. The molecule has 2 aromatic carbocycles. The lowest BCUT2D eigenvalue weighted by Crippen LogP contribution is -2.48. The van der Waals surface area contributed by atoms with Crippen LogP contribution < -0.4 is 25.7 Å². The second-order valence-electron chi connectivity index (χ2n) is 10.4. The Morgan fingerprint density at radius 3 is 1.85 bits per heavy atom. The number of amides is 2. The molecule has 9 nitrogen and oxygen atoms in total. The van der Waals surface area contributed by atoms with Gasteiger partial charge in [-0.05, 0) is 96.2 Å². The first-order valence-electron chi connectivity index (χ1n) is 14.1. The summed E-state index contributed by atoms with van der Waals surface area (Å²) in [6.07, 6.45) is 3.32. The molecule has 0 aromatic heterocycles. The van der Waals surface area contributed by atoms with Crippen LogP contribution in [0.5, 0.6) is 17.2 Å². The van der Waals surface area contributed by atoms with Gasteiger partial charge in [0, 0.05) is 23.7 Å². The van der Waals surface area contributed by atoms with Crippen molar-refractivity contribution in [3.8, 4) is 17.2 Å². The summed E-state index contributed by atoms with van der Waals surface area (Å²) < 4.78 is 18.0. The highest BCUT2D eigenvalue weighted by atomic mass is 16.5. The number of unbranched alkanes of at least 4 members (excludes halogenated alkanes) is 2. The Bertz CT molecular complexity index is 1120. The van der Waals surface area contributed by atoms with Crippen molar-refractivity contribution in [2.75, 3.05) is 13.2 Å². The lowest BCUT2D eigenvalue weighted by molar-refractivity contribution is -0.134. The SMILES string of the molecule is CCC(CC)(Oc1cc(OCCCCCOc2ccc(C(=N)N)cc2)ccc1C(=O)N(C(C)C)C(C)C)C(N)=O. The molecule has 0 bridgehead atoms. The van der Waals surface area contributed by atoms with Gasteiger partial charge in [0.25, 0.3) is 11.8 Å². The summed E-state index contributed by atoms with van der Waals surface area (Å²) in [6.45, 7) is 12.6. The zero-order chi connectivity index (χ0) is 29.9. The average molecular weight is 555 g/mol. The highest BCUT2D eigenvalue weighted by Crippen LogP contribution is 2.33. The third-order valence-electron chi connectivity index (χ3n) is 6.92. The van der Waals surface area contributed by atoms with Crippen LogP contribution in [-0.4, -0.2) is 53.4 Å². The number of benzene rings is 2. The van der Waals surface area contributed by atoms with Crippen LogP contribution in [0.15, 0.2) is 42.5 Å². The first-order valence-corrected chi connectivity index (χ1v) is 14.1. The number of amidine groups is 1. The van der Waals surface area contributed by atoms with Crippen molar-refractivity contribution in [1.82, 2.24) is 4.90 Å². The molecule has 0 saturated heterocycles. The molecule has 0 fully saturated rings. The van der Waals surface area contributed by atoms with Crippen LogP contribution in [-0.2, 0) is 4.79 Å². The van der Waals surface area contributed by atoms with Gasteiger partial charge in [0.1, 0.15) is 23.1 Å². The molecule has 0 aliphatic rings. The number of nitrogens with zero attached hydrogens (tertiary/aromatic N) is 1. The van der Waals surface area contributed by atoms with E-state index in [0.717, 1.165) is 25.0 Å². The van der Waals surface area contributed by atoms with Gasteiger partial charge in [-0.1, -0.05) is 13.8 Å².